The summed E-state index contributed by atoms with van der Waals surface area (Å²) in [5, 5.41) is 0. The smallest absolute Gasteiger partial charge is 0.218 e. The van der Waals surface area contributed by atoms with Crippen LogP contribution in [0.25, 0.3) is 0 Å². The van der Waals surface area contributed by atoms with Gasteiger partial charge in [-0.25, -0.2) is 16.8 Å². The minimum Gasteiger partial charge on any atom is -0.218 e. The van der Waals surface area contributed by atoms with Gasteiger partial charge in [0.25, 0.3) is 19.7 Å². The van der Waals surface area contributed by atoms with Crippen LogP contribution in [-0.2, 0) is 19.7 Å². The lowest BCUT2D eigenvalue weighted by molar-refractivity contribution is -0.0466. The second-order valence-corrected chi connectivity index (χ2v) is 6.95. The predicted molar refractivity (Wildman–Crippen MR) is 39.1 cm³/mol. The molecule has 0 aromatic rings. The largest absolute Gasteiger partial charge is 0.498 e. The molecule has 0 aliphatic carbocycles. The van der Waals surface area contributed by atoms with Gasteiger partial charge in [-0.3, -0.25) is 0 Å². The Hall–Kier alpha value is -0.520. The summed E-state index contributed by atoms with van der Waals surface area (Å²) >= 11 is 0. The summed E-state index contributed by atoms with van der Waals surface area (Å²) in [6.07, 6.45) is 0. The SMILES string of the molecule is [CH2]C(S(=O)(=O)C(F)(F)F)S(=O)(=O)C(F)(F)F. The summed E-state index contributed by atoms with van der Waals surface area (Å²) in [7, 11) is -13.1. The molecule has 97 valence electrons. The maximum atomic E-state index is 11.7. The molecule has 16 heavy (non-hydrogen) atoms. The average Bonchev–Trinajstić information content (AvgIpc) is 1.98. The second kappa shape index (κ2) is 3.75. The van der Waals surface area contributed by atoms with Gasteiger partial charge in [-0.05, 0) is 6.92 Å². The Labute approximate surface area is 86.1 Å². The van der Waals surface area contributed by atoms with Crippen LogP contribution in [0.4, 0.5) is 26.3 Å². The number of halogens is 6. The molecule has 1 radical (unpaired) electrons. The van der Waals surface area contributed by atoms with Gasteiger partial charge < -0.3 is 0 Å². The molecule has 0 amide bonds. The van der Waals surface area contributed by atoms with Crippen LogP contribution in [-0.4, -0.2) is 32.4 Å². The van der Waals surface area contributed by atoms with Gasteiger partial charge in [0.1, 0.15) is 0 Å². The topological polar surface area (TPSA) is 68.3 Å². The molecule has 0 aromatic heterocycles. The van der Waals surface area contributed by atoms with Crippen molar-refractivity contribution in [1.29, 1.82) is 0 Å². The van der Waals surface area contributed by atoms with Crippen molar-refractivity contribution in [3.8, 4) is 0 Å². The van der Waals surface area contributed by atoms with E-state index in [-0.39, 0.29) is 0 Å². The fourth-order valence-corrected chi connectivity index (χ4v) is 3.05. The van der Waals surface area contributed by atoms with Gasteiger partial charge >= 0.3 is 11.0 Å². The van der Waals surface area contributed by atoms with Crippen molar-refractivity contribution >= 4 is 19.7 Å². The Morgan fingerprint density at radius 1 is 0.750 bits per heavy atom. The first-order chi connectivity index (χ1) is 6.65. The Kier molecular flexibility index (Phi) is 3.63. The molecular formula is C4H3F6O4S2. The third kappa shape index (κ3) is 2.42. The van der Waals surface area contributed by atoms with E-state index in [9.17, 15) is 43.2 Å². The molecule has 4 nitrogen and oxygen atoms in total. The van der Waals surface area contributed by atoms with Gasteiger partial charge in [0.05, 0.1) is 0 Å². The van der Waals surface area contributed by atoms with E-state index >= 15 is 0 Å². The van der Waals surface area contributed by atoms with Crippen LogP contribution in [0.3, 0.4) is 0 Å². The molecule has 0 aromatic carbocycles. The molecule has 0 atom stereocenters. The van der Waals surface area contributed by atoms with E-state index in [0.29, 0.717) is 0 Å². The zero-order chi connectivity index (χ0) is 13.6. The summed E-state index contributed by atoms with van der Waals surface area (Å²) in [5.74, 6) is 0. The van der Waals surface area contributed by atoms with Crippen molar-refractivity contribution in [1.82, 2.24) is 0 Å². The first kappa shape index (κ1) is 15.5. The van der Waals surface area contributed by atoms with E-state index < -0.39 is 35.3 Å². The van der Waals surface area contributed by atoms with Crippen molar-refractivity contribution in [2.45, 2.75) is 15.6 Å². The first-order valence-electron chi connectivity index (χ1n) is 3.09. The summed E-state index contributed by atoms with van der Waals surface area (Å²) in [5.41, 5.74) is -12.3. The molecule has 0 fully saturated rings. The molecule has 0 saturated heterocycles. The fourth-order valence-electron chi connectivity index (χ4n) is 0.465. The molecule has 0 unspecified atom stereocenters. The van der Waals surface area contributed by atoms with E-state index in [0.717, 1.165) is 0 Å². The van der Waals surface area contributed by atoms with Gasteiger partial charge in [0.15, 0.2) is 4.58 Å². The molecule has 0 aliphatic heterocycles. The minimum atomic E-state index is -6.54. The zero-order valence-electron chi connectivity index (χ0n) is 7.00. The lowest BCUT2D eigenvalue weighted by Crippen LogP contribution is -2.43. The van der Waals surface area contributed by atoms with E-state index in [4.69, 9.17) is 0 Å². The van der Waals surface area contributed by atoms with Gasteiger partial charge in [-0.2, -0.15) is 26.3 Å². The van der Waals surface area contributed by atoms with Crippen LogP contribution in [0.5, 0.6) is 0 Å². The monoisotopic (exact) mass is 293 g/mol. The van der Waals surface area contributed by atoms with Crippen LogP contribution < -0.4 is 0 Å². The summed E-state index contributed by atoms with van der Waals surface area (Å²) in [6.45, 7) is 1.90. The summed E-state index contributed by atoms with van der Waals surface area (Å²) in [4.78, 5) is 0. The predicted octanol–water partition coefficient (Wildman–Crippen LogP) is 1.02. The first-order valence-corrected chi connectivity index (χ1v) is 6.18. The summed E-state index contributed by atoms with van der Waals surface area (Å²) in [6, 6.07) is 0. The van der Waals surface area contributed by atoms with Crippen molar-refractivity contribution < 1.29 is 43.2 Å². The third-order valence-corrected chi connectivity index (χ3v) is 5.53. The van der Waals surface area contributed by atoms with Gasteiger partial charge in [0.2, 0.25) is 0 Å². The summed E-state index contributed by atoms with van der Waals surface area (Å²) < 4.78 is 108. The van der Waals surface area contributed by atoms with Crippen LogP contribution in [0.15, 0.2) is 0 Å². The van der Waals surface area contributed by atoms with E-state index in [1.54, 1.807) is 0 Å². The highest BCUT2D eigenvalue weighted by molar-refractivity contribution is 8.10. The molecule has 12 heteroatoms. The molecule has 0 saturated carbocycles. The van der Waals surface area contributed by atoms with Crippen molar-refractivity contribution in [3.05, 3.63) is 6.92 Å². The lowest BCUT2D eigenvalue weighted by atomic mass is 11.0. The Bertz CT molecular complexity index is 410. The van der Waals surface area contributed by atoms with Gasteiger partial charge in [-0.15, -0.1) is 0 Å². The molecule has 0 N–H and O–H groups in total. The van der Waals surface area contributed by atoms with Crippen molar-refractivity contribution in [2.75, 3.05) is 0 Å². The standard InChI is InChI=1S/C4H3F6O4S2/c1-2(15(11,12)3(5,6)7)16(13,14)4(8,9)10/h2H,1H2. The quantitative estimate of drug-likeness (QED) is 0.713. The fraction of sp³-hybridized carbons (Fsp3) is 0.750. The van der Waals surface area contributed by atoms with Crippen molar-refractivity contribution in [3.63, 3.8) is 0 Å². The highest BCUT2D eigenvalue weighted by Crippen LogP contribution is 2.35. The van der Waals surface area contributed by atoms with Gasteiger partial charge in [0, 0.05) is 0 Å². The highest BCUT2D eigenvalue weighted by atomic mass is 32.3. The molecule has 0 aliphatic rings. The number of sulfone groups is 2. The van der Waals surface area contributed by atoms with Crippen molar-refractivity contribution in [2.24, 2.45) is 0 Å². The molecular weight excluding hydrogens is 290 g/mol. The number of rotatable bonds is 2. The second-order valence-electron chi connectivity index (χ2n) is 2.41. The lowest BCUT2D eigenvalue weighted by Gasteiger charge is -2.16. The average molecular weight is 293 g/mol. The molecule has 0 spiro atoms. The number of hydrogen-bond donors (Lipinski definition) is 0. The van der Waals surface area contributed by atoms with Crippen LogP contribution in [0, 0.1) is 6.92 Å². The number of alkyl halides is 6. The Morgan fingerprint density at radius 3 is 1.06 bits per heavy atom. The Morgan fingerprint density at radius 2 is 0.938 bits per heavy atom. The maximum absolute atomic E-state index is 11.7. The molecule has 0 heterocycles. The Balaban J connectivity index is 5.70. The van der Waals surface area contributed by atoms with Gasteiger partial charge in [-0.1, -0.05) is 0 Å². The van der Waals surface area contributed by atoms with Crippen LogP contribution >= 0.6 is 0 Å². The zero-order valence-corrected chi connectivity index (χ0v) is 8.63. The van der Waals surface area contributed by atoms with Crippen LogP contribution in [0.1, 0.15) is 0 Å². The van der Waals surface area contributed by atoms with E-state index in [1.807, 2.05) is 6.92 Å². The molecule has 0 rings (SSSR count). The van der Waals surface area contributed by atoms with E-state index in [2.05, 4.69) is 0 Å². The van der Waals surface area contributed by atoms with E-state index in [1.165, 1.54) is 0 Å². The number of hydrogen-bond acceptors (Lipinski definition) is 4. The van der Waals surface area contributed by atoms with Crippen LogP contribution in [0.2, 0.25) is 0 Å². The molecule has 0 bridgehead atoms. The third-order valence-electron chi connectivity index (χ3n) is 1.34. The maximum Gasteiger partial charge on any atom is 0.498 e. The minimum absolute atomic E-state index is 1.90. The normalized spacial score (nSPS) is 15.5. The highest BCUT2D eigenvalue weighted by Gasteiger charge is 2.60.